The van der Waals surface area contributed by atoms with E-state index in [0.717, 1.165) is 30.8 Å². The highest BCUT2D eigenvalue weighted by Crippen LogP contribution is 2.54. The normalized spacial score (nSPS) is 20.1. The SMILES string of the molecule is CC(C)(C)OC(=O)N1CC2(CC(Sc3ccc(F)cc3Cl)C2)C1. The standard InChI is InChI=1S/C17H21ClFNO2S/c1-16(2,3)22-15(21)20-9-17(10-20)7-12(8-17)23-14-5-4-11(19)6-13(14)18/h4-6,12H,7-10H2,1-3H3. The minimum Gasteiger partial charge on any atom is -0.444 e. The van der Waals surface area contributed by atoms with Gasteiger partial charge in [-0.1, -0.05) is 11.6 Å². The molecule has 2 aliphatic rings. The lowest BCUT2D eigenvalue weighted by atomic mass is 9.63. The number of benzene rings is 1. The first-order valence-electron chi connectivity index (χ1n) is 7.75. The zero-order valence-corrected chi connectivity index (χ0v) is 15.1. The van der Waals surface area contributed by atoms with Crippen LogP contribution < -0.4 is 0 Å². The van der Waals surface area contributed by atoms with Crippen LogP contribution in [0.1, 0.15) is 33.6 Å². The Labute approximate surface area is 145 Å². The van der Waals surface area contributed by atoms with E-state index < -0.39 is 5.60 Å². The van der Waals surface area contributed by atoms with Crippen molar-refractivity contribution in [2.75, 3.05) is 13.1 Å². The molecular weight excluding hydrogens is 337 g/mol. The summed E-state index contributed by atoms with van der Waals surface area (Å²) in [5.74, 6) is -0.309. The van der Waals surface area contributed by atoms with Crippen LogP contribution in [0.4, 0.5) is 9.18 Å². The summed E-state index contributed by atoms with van der Waals surface area (Å²) < 4.78 is 18.4. The van der Waals surface area contributed by atoms with Gasteiger partial charge in [0.2, 0.25) is 0 Å². The van der Waals surface area contributed by atoms with E-state index in [-0.39, 0.29) is 17.3 Å². The molecule has 0 atom stereocenters. The molecule has 1 aliphatic heterocycles. The Hall–Kier alpha value is -0.940. The van der Waals surface area contributed by atoms with E-state index in [1.165, 1.54) is 12.1 Å². The van der Waals surface area contributed by atoms with E-state index in [9.17, 15) is 9.18 Å². The van der Waals surface area contributed by atoms with Crippen molar-refractivity contribution in [3.8, 4) is 0 Å². The van der Waals surface area contributed by atoms with Gasteiger partial charge < -0.3 is 9.64 Å². The molecule has 23 heavy (non-hydrogen) atoms. The van der Waals surface area contributed by atoms with Crippen molar-refractivity contribution >= 4 is 29.5 Å². The summed E-state index contributed by atoms with van der Waals surface area (Å²) in [7, 11) is 0. The van der Waals surface area contributed by atoms with Crippen molar-refractivity contribution in [2.24, 2.45) is 5.41 Å². The monoisotopic (exact) mass is 357 g/mol. The lowest BCUT2D eigenvalue weighted by Gasteiger charge is -2.58. The van der Waals surface area contributed by atoms with Gasteiger partial charge in [0.05, 0.1) is 5.02 Å². The summed E-state index contributed by atoms with van der Waals surface area (Å²) in [5, 5.41) is 0.957. The molecule has 2 fully saturated rings. The van der Waals surface area contributed by atoms with Crippen molar-refractivity contribution in [3.63, 3.8) is 0 Å². The average molecular weight is 358 g/mol. The number of ether oxygens (including phenoxy) is 1. The minimum atomic E-state index is -0.447. The number of nitrogens with zero attached hydrogens (tertiary/aromatic N) is 1. The highest BCUT2D eigenvalue weighted by molar-refractivity contribution is 8.00. The molecule has 0 unspecified atom stereocenters. The van der Waals surface area contributed by atoms with Crippen LogP contribution in [0.5, 0.6) is 0 Å². The molecule has 0 aromatic heterocycles. The fourth-order valence-corrected chi connectivity index (χ4v) is 5.07. The van der Waals surface area contributed by atoms with Crippen molar-refractivity contribution in [2.45, 2.75) is 49.4 Å². The fourth-order valence-electron chi connectivity index (χ4n) is 3.22. The number of carbonyl (C=O) groups is 1. The Balaban J connectivity index is 1.46. The van der Waals surface area contributed by atoms with Crippen LogP contribution in [0.3, 0.4) is 0 Å². The topological polar surface area (TPSA) is 29.5 Å². The lowest BCUT2D eigenvalue weighted by Crippen LogP contribution is -2.64. The lowest BCUT2D eigenvalue weighted by molar-refractivity contribution is -0.0660. The van der Waals surface area contributed by atoms with Crippen molar-refractivity contribution in [1.82, 2.24) is 4.90 Å². The zero-order chi connectivity index (χ0) is 16.8. The quantitative estimate of drug-likeness (QED) is 0.748. The van der Waals surface area contributed by atoms with Gasteiger partial charge in [0, 0.05) is 28.6 Å². The molecule has 1 heterocycles. The van der Waals surface area contributed by atoms with Gasteiger partial charge in [-0.15, -0.1) is 11.8 Å². The molecule has 1 aliphatic carbocycles. The number of hydrogen-bond donors (Lipinski definition) is 0. The van der Waals surface area contributed by atoms with Gasteiger partial charge in [-0.25, -0.2) is 9.18 Å². The van der Waals surface area contributed by atoms with E-state index in [0.29, 0.717) is 10.3 Å². The third-order valence-corrected chi connectivity index (χ3v) is 5.91. The van der Waals surface area contributed by atoms with Crippen LogP contribution in [0.2, 0.25) is 5.02 Å². The number of thioether (sulfide) groups is 1. The largest absolute Gasteiger partial charge is 0.444 e. The van der Waals surface area contributed by atoms with Crippen LogP contribution in [0, 0.1) is 11.2 Å². The zero-order valence-electron chi connectivity index (χ0n) is 13.6. The van der Waals surface area contributed by atoms with E-state index >= 15 is 0 Å². The van der Waals surface area contributed by atoms with Gasteiger partial charge in [0.1, 0.15) is 11.4 Å². The van der Waals surface area contributed by atoms with Gasteiger partial charge >= 0.3 is 6.09 Å². The van der Waals surface area contributed by atoms with Crippen molar-refractivity contribution in [3.05, 3.63) is 29.0 Å². The molecule has 3 rings (SSSR count). The van der Waals surface area contributed by atoms with Crippen LogP contribution >= 0.6 is 23.4 Å². The highest BCUT2D eigenvalue weighted by atomic mass is 35.5. The third kappa shape index (κ3) is 3.77. The Morgan fingerprint density at radius 2 is 2.04 bits per heavy atom. The van der Waals surface area contributed by atoms with Gasteiger partial charge in [-0.2, -0.15) is 0 Å². The number of halogens is 2. The fraction of sp³-hybridized carbons (Fsp3) is 0.588. The molecule has 1 aromatic carbocycles. The molecule has 0 bridgehead atoms. The maximum Gasteiger partial charge on any atom is 0.410 e. The van der Waals surface area contributed by atoms with Crippen LogP contribution in [0.25, 0.3) is 0 Å². The molecule has 126 valence electrons. The van der Waals surface area contributed by atoms with Crippen molar-refractivity contribution < 1.29 is 13.9 Å². The molecule has 1 saturated heterocycles. The Bertz CT molecular complexity index is 618. The maximum atomic E-state index is 13.1. The Morgan fingerprint density at radius 3 is 2.61 bits per heavy atom. The summed E-state index contributed by atoms with van der Waals surface area (Å²) in [6.07, 6.45) is 1.90. The first kappa shape index (κ1) is 16.9. The average Bonchev–Trinajstić information content (AvgIpc) is 2.30. The molecule has 1 saturated carbocycles. The molecule has 1 aromatic rings. The van der Waals surface area contributed by atoms with Gasteiger partial charge in [-0.05, 0) is 51.8 Å². The molecule has 3 nitrogen and oxygen atoms in total. The third-order valence-electron chi connectivity index (χ3n) is 4.21. The summed E-state index contributed by atoms with van der Waals surface area (Å²) >= 11 is 7.77. The Morgan fingerprint density at radius 1 is 1.39 bits per heavy atom. The molecule has 0 N–H and O–H groups in total. The number of hydrogen-bond acceptors (Lipinski definition) is 3. The minimum absolute atomic E-state index is 0.221. The predicted molar refractivity (Wildman–Crippen MR) is 90.5 cm³/mol. The molecular formula is C17H21ClFNO2S. The molecule has 6 heteroatoms. The number of amides is 1. The Kier molecular flexibility index (Phi) is 4.30. The van der Waals surface area contributed by atoms with Crippen LogP contribution in [-0.4, -0.2) is 34.9 Å². The summed E-state index contributed by atoms with van der Waals surface area (Å²) in [4.78, 5) is 14.7. The smallest absolute Gasteiger partial charge is 0.410 e. The first-order valence-corrected chi connectivity index (χ1v) is 9.01. The van der Waals surface area contributed by atoms with Crippen LogP contribution in [-0.2, 0) is 4.74 Å². The highest BCUT2D eigenvalue weighted by Gasteiger charge is 2.54. The summed E-state index contributed by atoms with van der Waals surface area (Å²) in [6, 6.07) is 4.53. The first-order chi connectivity index (χ1) is 10.7. The number of carbonyl (C=O) groups excluding carboxylic acids is 1. The van der Waals surface area contributed by atoms with E-state index in [1.807, 2.05) is 20.8 Å². The second-order valence-electron chi connectivity index (χ2n) is 7.56. The predicted octanol–water partition coefficient (Wildman–Crippen LogP) is 4.97. The molecule has 1 amide bonds. The second kappa shape index (κ2) is 5.85. The van der Waals surface area contributed by atoms with Crippen molar-refractivity contribution in [1.29, 1.82) is 0 Å². The van der Waals surface area contributed by atoms with E-state index in [4.69, 9.17) is 16.3 Å². The summed E-state index contributed by atoms with van der Waals surface area (Å²) in [5.41, 5.74) is -0.196. The number of rotatable bonds is 2. The maximum absolute atomic E-state index is 13.1. The van der Waals surface area contributed by atoms with Gasteiger partial charge in [0.25, 0.3) is 0 Å². The van der Waals surface area contributed by atoms with Gasteiger partial charge in [-0.3, -0.25) is 0 Å². The van der Waals surface area contributed by atoms with Gasteiger partial charge in [0.15, 0.2) is 0 Å². The van der Waals surface area contributed by atoms with E-state index in [2.05, 4.69) is 0 Å². The molecule has 0 radical (unpaired) electrons. The number of likely N-dealkylation sites (tertiary alicyclic amines) is 1. The van der Waals surface area contributed by atoms with E-state index in [1.54, 1.807) is 22.7 Å². The molecule has 1 spiro atoms. The van der Waals surface area contributed by atoms with Crippen LogP contribution in [0.15, 0.2) is 23.1 Å². The second-order valence-corrected chi connectivity index (χ2v) is 9.31. The summed E-state index contributed by atoms with van der Waals surface area (Å²) in [6.45, 7) is 7.18.